The van der Waals surface area contributed by atoms with Crippen LogP contribution in [0.5, 0.6) is 0 Å². The Bertz CT molecular complexity index is 1770. The molecule has 0 fully saturated rings. The zero-order chi connectivity index (χ0) is 62.6. The van der Waals surface area contributed by atoms with Crippen molar-refractivity contribution in [2.45, 2.75) is 334 Å². The van der Waals surface area contributed by atoms with Crippen molar-refractivity contribution in [2.75, 3.05) is 40.9 Å². The van der Waals surface area contributed by atoms with E-state index in [1.165, 1.54) is 218 Å². The van der Waals surface area contributed by atoms with Gasteiger partial charge in [-0.05, 0) is 89.9 Å². The number of carbonyl (C=O) groups excluding carboxylic acids is 1. The minimum absolute atomic E-state index is 0.00820. The van der Waals surface area contributed by atoms with E-state index in [4.69, 9.17) is 9.05 Å². The third kappa shape index (κ3) is 68.6. The molecule has 3 unspecified atom stereocenters. The molecule has 0 radical (unpaired) electrons. The maximum atomic E-state index is 13.0. The quantitative estimate of drug-likeness (QED) is 0.0272. The monoisotopic (exact) mass is 1220 g/mol. The maximum Gasteiger partial charge on any atom is 0.268 e. The van der Waals surface area contributed by atoms with Gasteiger partial charge < -0.3 is 28.8 Å². The number of allylic oxidation sites excluding steroid dienone is 17. The molecule has 1 amide bonds. The summed E-state index contributed by atoms with van der Waals surface area (Å²) in [5.41, 5.74) is 0. The molecule has 0 aromatic carbocycles. The van der Waals surface area contributed by atoms with Crippen molar-refractivity contribution in [3.8, 4) is 0 Å². The average Bonchev–Trinajstić information content (AvgIpc) is 3.70. The Morgan fingerprint density at radius 1 is 0.419 bits per heavy atom. The second-order valence-corrected chi connectivity index (χ2v) is 27.0. The molecule has 498 valence electrons. The van der Waals surface area contributed by atoms with Gasteiger partial charge in [-0.25, -0.2) is 0 Å². The maximum absolute atomic E-state index is 13.0. The molecular formula is C77H139N2O6P. The van der Waals surface area contributed by atoms with Gasteiger partial charge in [0.25, 0.3) is 7.82 Å². The predicted octanol–water partition coefficient (Wildman–Crippen LogP) is 22.8. The minimum atomic E-state index is -4.62. The summed E-state index contributed by atoms with van der Waals surface area (Å²) in [6.45, 7) is 4.54. The zero-order valence-electron chi connectivity index (χ0n) is 57.0. The third-order valence-electron chi connectivity index (χ3n) is 16.0. The first-order chi connectivity index (χ1) is 42.0. The highest BCUT2D eigenvalue weighted by atomic mass is 31.2. The van der Waals surface area contributed by atoms with E-state index in [1.54, 1.807) is 6.08 Å². The van der Waals surface area contributed by atoms with Crippen LogP contribution >= 0.6 is 7.82 Å². The first-order valence-corrected chi connectivity index (χ1v) is 37.7. The van der Waals surface area contributed by atoms with E-state index < -0.39 is 26.6 Å². The van der Waals surface area contributed by atoms with Crippen LogP contribution in [0.4, 0.5) is 0 Å². The van der Waals surface area contributed by atoms with Crippen molar-refractivity contribution < 1.29 is 32.9 Å². The number of unbranched alkanes of at least 4 members (excludes halogenated alkanes) is 37. The molecule has 0 aromatic heterocycles. The van der Waals surface area contributed by atoms with Crippen LogP contribution in [0.25, 0.3) is 0 Å². The summed E-state index contributed by atoms with van der Waals surface area (Å²) in [6, 6.07) is -0.909. The topological polar surface area (TPSA) is 108 Å². The van der Waals surface area contributed by atoms with E-state index in [1.807, 2.05) is 27.2 Å². The third-order valence-corrected chi connectivity index (χ3v) is 16.9. The number of aliphatic hydroxyl groups is 1. The summed E-state index contributed by atoms with van der Waals surface area (Å²) in [6.07, 6.45) is 97.9. The molecule has 0 saturated heterocycles. The van der Waals surface area contributed by atoms with Crippen molar-refractivity contribution in [3.05, 3.63) is 109 Å². The van der Waals surface area contributed by atoms with Crippen molar-refractivity contribution in [3.63, 3.8) is 0 Å². The molecule has 0 heterocycles. The normalized spacial score (nSPS) is 14.3. The van der Waals surface area contributed by atoms with Crippen LogP contribution in [0.15, 0.2) is 109 Å². The molecule has 0 spiro atoms. The summed E-state index contributed by atoms with van der Waals surface area (Å²) >= 11 is 0. The number of likely N-dealkylation sites (N-methyl/N-ethyl adjacent to an activating group) is 1. The Morgan fingerprint density at radius 2 is 0.721 bits per heavy atom. The molecule has 86 heavy (non-hydrogen) atoms. The van der Waals surface area contributed by atoms with E-state index in [9.17, 15) is 19.4 Å². The van der Waals surface area contributed by atoms with Crippen LogP contribution < -0.4 is 10.2 Å². The first-order valence-electron chi connectivity index (χ1n) is 36.2. The van der Waals surface area contributed by atoms with Gasteiger partial charge in [-0.3, -0.25) is 9.36 Å². The molecule has 0 bridgehead atoms. The van der Waals surface area contributed by atoms with Crippen LogP contribution in [-0.2, 0) is 18.4 Å². The lowest BCUT2D eigenvalue weighted by Crippen LogP contribution is -2.45. The molecule has 0 rings (SSSR count). The van der Waals surface area contributed by atoms with Gasteiger partial charge in [-0.1, -0.05) is 335 Å². The number of carbonyl (C=O) groups is 1. The Labute approximate surface area is 533 Å². The van der Waals surface area contributed by atoms with E-state index in [0.717, 1.165) is 83.5 Å². The van der Waals surface area contributed by atoms with Gasteiger partial charge in [-0.2, -0.15) is 0 Å². The first kappa shape index (κ1) is 83.2. The molecule has 0 aliphatic carbocycles. The molecule has 2 N–H and O–H groups in total. The van der Waals surface area contributed by atoms with E-state index >= 15 is 0 Å². The highest BCUT2D eigenvalue weighted by Crippen LogP contribution is 2.38. The molecular weight excluding hydrogens is 1080 g/mol. The highest BCUT2D eigenvalue weighted by molar-refractivity contribution is 7.45. The molecule has 9 heteroatoms. The number of quaternary nitrogens is 1. The smallest absolute Gasteiger partial charge is 0.268 e. The highest BCUT2D eigenvalue weighted by Gasteiger charge is 2.23. The van der Waals surface area contributed by atoms with Crippen LogP contribution in [-0.4, -0.2) is 68.5 Å². The number of phosphoric acid groups is 1. The number of aliphatic hydroxyl groups excluding tert-OH is 1. The van der Waals surface area contributed by atoms with Crippen LogP contribution in [0.1, 0.15) is 322 Å². The fourth-order valence-corrected chi connectivity index (χ4v) is 11.1. The molecule has 3 atom stereocenters. The Kier molecular flexibility index (Phi) is 64.4. The largest absolute Gasteiger partial charge is 0.756 e. The number of phosphoric ester groups is 1. The van der Waals surface area contributed by atoms with E-state index in [0.29, 0.717) is 17.4 Å². The lowest BCUT2D eigenvalue weighted by Gasteiger charge is -2.29. The Hall–Kier alpha value is -2.84. The minimum Gasteiger partial charge on any atom is -0.756 e. The van der Waals surface area contributed by atoms with Crippen molar-refractivity contribution in [1.82, 2.24) is 5.32 Å². The lowest BCUT2D eigenvalue weighted by atomic mass is 10.0. The van der Waals surface area contributed by atoms with Crippen molar-refractivity contribution in [1.29, 1.82) is 0 Å². The average molecular weight is 1220 g/mol. The molecule has 0 saturated carbocycles. The SMILES string of the molecule is CC/C=C\C/C=C\C/C=C\C/C=C\C/C=C\C/C=C\C/C=C\CCCCCCCCCCCCCCCCCCCCCC(=O)NC(COP(=O)([O-])OCC[N+](C)(C)C)C(O)/C=C/CC/C=C/CCCCCCCCCCCCCCCCCCC. The fourth-order valence-electron chi connectivity index (χ4n) is 10.4. The summed E-state index contributed by atoms with van der Waals surface area (Å²) in [7, 11) is 1.25. The number of hydrogen-bond donors (Lipinski definition) is 2. The van der Waals surface area contributed by atoms with Crippen LogP contribution in [0, 0.1) is 0 Å². The molecule has 8 nitrogen and oxygen atoms in total. The van der Waals surface area contributed by atoms with Gasteiger partial charge >= 0.3 is 0 Å². The number of amides is 1. The summed E-state index contributed by atoms with van der Waals surface area (Å²) in [4.78, 5) is 25.6. The lowest BCUT2D eigenvalue weighted by molar-refractivity contribution is -0.870. The Balaban J connectivity index is 4.02. The van der Waals surface area contributed by atoms with E-state index in [-0.39, 0.29) is 12.5 Å². The second-order valence-electron chi connectivity index (χ2n) is 25.6. The number of nitrogens with zero attached hydrogens (tertiary/aromatic N) is 1. The fraction of sp³-hybridized carbons (Fsp3) is 0.753. The molecule has 0 aromatic rings. The summed E-state index contributed by atoms with van der Waals surface area (Å²) in [5.74, 6) is -0.205. The zero-order valence-corrected chi connectivity index (χ0v) is 57.9. The second kappa shape index (κ2) is 66.6. The molecule has 0 aliphatic heterocycles. The predicted molar refractivity (Wildman–Crippen MR) is 376 cm³/mol. The molecule has 0 aliphatic rings. The number of nitrogens with one attached hydrogen (secondary N) is 1. The van der Waals surface area contributed by atoms with Gasteiger partial charge in [0, 0.05) is 6.42 Å². The van der Waals surface area contributed by atoms with Crippen molar-refractivity contribution >= 4 is 13.7 Å². The van der Waals surface area contributed by atoms with Gasteiger partial charge in [0.05, 0.1) is 39.9 Å². The standard InChI is InChI=1S/C77H139N2O6P/c1-6-8-10-12-14-16-18-20-22-24-26-28-30-31-32-33-34-35-36-37-38-39-40-41-42-43-44-45-46-47-49-51-53-55-57-59-61-63-65-67-69-71-77(81)78-75(74-85-86(82,83)84-73-72-79(3,4)5)76(80)70-68-66-64-62-60-58-56-54-52-50-48-29-27-25-23-21-19-17-15-13-11-9-7-2/h8,10,14,16,20,22,26,28,31-32,34-35,37-38,60,62,68,70,75-76,80H,6-7,9,11-13,15,17-19,21,23-25,27,29-30,33,36,39-59,61,63-67,69,71-74H2,1-5H3,(H-,78,81,82,83)/b10-8-,16-14-,22-20-,28-26-,32-31-,35-34-,38-37-,62-60+,70-68+. The van der Waals surface area contributed by atoms with Gasteiger partial charge in [0.15, 0.2) is 0 Å². The van der Waals surface area contributed by atoms with Gasteiger partial charge in [0.2, 0.25) is 5.91 Å². The summed E-state index contributed by atoms with van der Waals surface area (Å²) in [5, 5.41) is 13.9. The summed E-state index contributed by atoms with van der Waals surface area (Å²) < 4.78 is 23.4. The Morgan fingerprint density at radius 3 is 1.08 bits per heavy atom. The van der Waals surface area contributed by atoms with E-state index in [2.05, 4.69) is 116 Å². The van der Waals surface area contributed by atoms with Gasteiger partial charge in [0.1, 0.15) is 13.2 Å². The number of hydrogen-bond acceptors (Lipinski definition) is 6. The van der Waals surface area contributed by atoms with Gasteiger partial charge in [-0.15, -0.1) is 0 Å². The van der Waals surface area contributed by atoms with Crippen molar-refractivity contribution in [2.24, 2.45) is 0 Å². The van der Waals surface area contributed by atoms with Crippen LogP contribution in [0.2, 0.25) is 0 Å². The van der Waals surface area contributed by atoms with Crippen LogP contribution in [0.3, 0.4) is 0 Å². The number of rotatable bonds is 66.